The van der Waals surface area contributed by atoms with Crippen LogP contribution in [0.25, 0.3) is 16.6 Å². The Kier molecular flexibility index (Phi) is 6.86. The summed E-state index contributed by atoms with van der Waals surface area (Å²) in [4.78, 5) is 29.4. The number of hydrogen-bond donors (Lipinski definition) is 2. The van der Waals surface area contributed by atoms with Crippen molar-refractivity contribution in [3.05, 3.63) is 54.2 Å². The zero-order valence-corrected chi connectivity index (χ0v) is 20.2. The van der Waals surface area contributed by atoms with Crippen LogP contribution in [0, 0.1) is 11.7 Å². The second kappa shape index (κ2) is 9.70. The van der Waals surface area contributed by atoms with Crippen LogP contribution < -0.4 is 11.1 Å². The highest BCUT2D eigenvalue weighted by molar-refractivity contribution is 7.88. The van der Waals surface area contributed by atoms with Gasteiger partial charge in [-0.2, -0.15) is 9.40 Å². The van der Waals surface area contributed by atoms with Crippen LogP contribution in [0.3, 0.4) is 0 Å². The van der Waals surface area contributed by atoms with E-state index in [0.717, 1.165) is 10.6 Å². The average Bonchev–Trinajstić information content (AvgIpc) is 3.26. The van der Waals surface area contributed by atoms with Gasteiger partial charge in [-0.1, -0.05) is 6.92 Å². The van der Waals surface area contributed by atoms with Crippen LogP contribution in [0.15, 0.2) is 42.9 Å². The number of primary amides is 1. The van der Waals surface area contributed by atoms with Crippen LogP contribution in [0.4, 0.5) is 4.39 Å². The Bertz CT molecular complexity index is 1360. The Morgan fingerprint density at radius 2 is 1.94 bits per heavy atom. The van der Waals surface area contributed by atoms with E-state index in [9.17, 15) is 22.4 Å². The van der Waals surface area contributed by atoms with E-state index in [1.165, 1.54) is 18.3 Å². The minimum atomic E-state index is -3.58. The summed E-state index contributed by atoms with van der Waals surface area (Å²) in [6.07, 6.45) is 6.95. The number of halogens is 1. The van der Waals surface area contributed by atoms with Gasteiger partial charge in [-0.25, -0.2) is 17.5 Å². The van der Waals surface area contributed by atoms with E-state index < -0.39 is 22.0 Å². The number of amides is 2. The fourth-order valence-corrected chi connectivity index (χ4v) is 5.79. The standard InChI is InChI=1S/C23H27FN6O4S/c1-3-19(14-8-9-29(35(2,33)34)20(10-14)22(25)31)28-23(32)18-11-26-13-21-17(18)12-27-30(21)16-6-4-15(24)5-7-16/h4-7,11-14,19-20H,3,8-10H2,1-2H3,(H2,25,31)(H,28,32)/t14-,19+,20?/m1/s1. The molecular weight excluding hydrogens is 475 g/mol. The van der Waals surface area contributed by atoms with Gasteiger partial charge >= 0.3 is 0 Å². The first-order chi connectivity index (χ1) is 16.6. The number of pyridine rings is 1. The Labute approximate surface area is 202 Å². The molecule has 3 N–H and O–H groups in total. The number of piperidine rings is 1. The van der Waals surface area contributed by atoms with Crippen molar-refractivity contribution in [2.45, 2.75) is 38.3 Å². The monoisotopic (exact) mass is 502 g/mol. The van der Waals surface area contributed by atoms with Gasteiger partial charge in [-0.15, -0.1) is 0 Å². The molecule has 0 spiro atoms. The number of nitrogens with zero attached hydrogens (tertiary/aromatic N) is 4. The maximum absolute atomic E-state index is 13.3. The molecule has 0 bridgehead atoms. The van der Waals surface area contributed by atoms with Crippen molar-refractivity contribution in [1.82, 2.24) is 24.4 Å². The molecule has 10 nitrogen and oxygen atoms in total. The number of hydrogen-bond acceptors (Lipinski definition) is 6. The van der Waals surface area contributed by atoms with Crippen molar-refractivity contribution >= 4 is 32.7 Å². The molecule has 12 heteroatoms. The molecule has 3 heterocycles. The van der Waals surface area contributed by atoms with E-state index in [1.807, 2.05) is 6.92 Å². The summed E-state index contributed by atoms with van der Waals surface area (Å²) in [7, 11) is -3.58. The summed E-state index contributed by atoms with van der Waals surface area (Å²) in [6.45, 7) is 2.07. The number of aromatic nitrogens is 3. The predicted molar refractivity (Wildman–Crippen MR) is 128 cm³/mol. The molecule has 2 amide bonds. The SMILES string of the molecule is CC[C@H](NC(=O)c1cncc2c1cnn2-c1ccc(F)cc1)[C@@H]1CCN(S(C)(=O)=O)C(C(N)=O)C1. The van der Waals surface area contributed by atoms with E-state index in [4.69, 9.17) is 5.73 Å². The zero-order chi connectivity index (χ0) is 25.3. The minimum absolute atomic E-state index is 0.131. The zero-order valence-electron chi connectivity index (χ0n) is 19.4. The molecule has 1 fully saturated rings. The highest BCUT2D eigenvalue weighted by atomic mass is 32.2. The number of sulfonamides is 1. The van der Waals surface area contributed by atoms with Gasteiger partial charge < -0.3 is 11.1 Å². The molecule has 1 unspecified atom stereocenters. The summed E-state index contributed by atoms with van der Waals surface area (Å²) in [5, 5.41) is 7.96. The van der Waals surface area contributed by atoms with Crippen molar-refractivity contribution < 1.29 is 22.4 Å². The average molecular weight is 503 g/mol. The normalized spacial score (nSPS) is 20.0. The highest BCUT2D eigenvalue weighted by Gasteiger charge is 2.39. The third-order valence-corrected chi connectivity index (χ3v) is 7.78. The van der Waals surface area contributed by atoms with Crippen molar-refractivity contribution in [2.24, 2.45) is 11.7 Å². The van der Waals surface area contributed by atoms with Gasteiger partial charge in [0.25, 0.3) is 5.91 Å². The second-order valence-corrected chi connectivity index (χ2v) is 10.7. The third kappa shape index (κ3) is 5.03. The van der Waals surface area contributed by atoms with Gasteiger partial charge in [0.2, 0.25) is 15.9 Å². The summed E-state index contributed by atoms with van der Waals surface area (Å²) < 4.78 is 40.2. The molecule has 1 aromatic carbocycles. The number of nitrogens with two attached hydrogens (primary N) is 1. The van der Waals surface area contributed by atoms with Gasteiger partial charge in [0.05, 0.1) is 35.4 Å². The van der Waals surface area contributed by atoms with E-state index in [2.05, 4.69) is 15.4 Å². The van der Waals surface area contributed by atoms with E-state index in [-0.39, 0.29) is 36.6 Å². The fourth-order valence-electron chi connectivity index (χ4n) is 4.70. The molecule has 1 aliphatic rings. The smallest absolute Gasteiger partial charge is 0.253 e. The lowest BCUT2D eigenvalue weighted by molar-refractivity contribution is -0.123. The largest absolute Gasteiger partial charge is 0.368 e. The van der Waals surface area contributed by atoms with Crippen LogP contribution in [0.2, 0.25) is 0 Å². The van der Waals surface area contributed by atoms with Gasteiger partial charge in [-0.3, -0.25) is 14.6 Å². The number of nitrogens with one attached hydrogen (secondary N) is 1. The molecule has 0 radical (unpaired) electrons. The molecule has 1 saturated heterocycles. The molecule has 0 saturated carbocycles. The highest BCUT2D eigenvalue weighted by Crippen LogP contribution is 2.29. The van der Waals surface area contributed by atoms with Crippen LogP contribution in [-0.2, 0) is 14.8 Å². The maximum Gasteiger partial charge on any atom is 0.253 e. The molecule has 3 aromatic rings. The summed E-state index contributed by atoms with van der Waals surface area (Å²) in [5.74, 6) is -1.55. The maximum atomic E-state index is 13.3. The fraction of sp³-hybridized carbons (Fsp3) is 0.391. The van der Waals surface area contributed by atoms with Crippen LogP contribution >= 0.6 is 0 Å². The van der Waals surface area contributed by atoms with E-state index in [1.54, 1.807) is 29.2 Å². The van der Waals surface area contributed by atoms with Crippen LogP contribution in [0.1, 0.15) is 36.5 Å². The van der Waals surface area contributed by atoms with Crippen molar-refractivity contribution in [1.29, 1.82) is 0 Å². The molecular formula is C23H27FN6O4S. The summed E-state index contributed by atoms with van der Waals surface area (Å²) >= 11 is 0. The van der Waals surface area contributed by atoms with Gasteiger partial charge in [-0.05, 0) is 49.4 Å². The topological polar surface area (TPSA) is 140 Å². The summed E-state index contributed by atoms with van der Waals surface area (Å²) in [6, 6.07) is 4.57. The Balaban J connectivity index is 1.56. The number of benzene rings is 1. The molecule has 4 rings (SSSR count). The summed E-state index contributed by atoms with van der Waals surface area (Å²) in [5.41, 5.74) is 7.05. The third-order valence-electron chi connectivity index (χ3n) is 6.49. The van der Waals surface area contributed by atoms with Gasteiger partial charge in [0.1, 0.15) is 11.9 Å². The molecule has 35 heavy (non-hydrogen) atoms. The molecule has 2 aromatic heterocycles. The number of fused-ring (bicyclic) bond motifs is 1. The lowest BCUT2D eigenvalue weighted by atomic mass is 9.84. The lowest BCUT2D eigenvalue weighted by Crippen LogP contribution is -2.55. The Morgan fingerprint density at radius 3 is 2.57 bits per heavy atom. The second-order valence-electron chi connectivity index (χ2n) is 8.72. The quantitative estimate of drug-likeness (QED) is 0.503. The Morgan fingerprint density at radius 1 is 1.23 bits per heavy atom. The van der Waals surface area contributed by atoms with E-state index >= 15 is 0 Å². The van der Waals surface area contributed by atoms with Gasteiger partial charge in [0.15, 0.2) is 0 Å². The first-order valence-corrected chi connectivity index (χ1v) is 13.1. The Hall–Kier alpha value is -3.38. The lowest BCUT2D eigenvalue weighted by Gasteiger charge is -2.39. The number of rotatable bonds is 7. The minimum Gasteiger partial charge on any atom is -0.368 e. The molecule has 0 aliphatic carbocycles. The van der Waals surface area contributed by atoms with Crippen LogP contribution in [0.5, 0.6) is 0 Å². The first kappa shape index (κ1) is 24.7. The first-order valence-electron chi connectivity index (χ1n) is 11.2. The van der Waals surface area contributed by atoms with Crippen molar-refractivity contribution in [3.63, 3.8) is 0 Å². The van der Waals surface area contributed by atoms with E-state index in [0.29, 0.717) is 35.0 Å². The molecule has 186 valence electrons. The van der Waals surface area contributed by atoms with Crippen molar-refractivity contribution in [2.75, 3.05) is 12.8 Å². The number of carbonyl (C=O) groups is 2. The van der Waals surface area contributed by atoms with Crippen molar-refractivity contribution in [3.8, 4) is 5.69 Å². The van der Waals surface area contributed by atoms with Gasteiger partial charge in [0, 0.05) is 24.2 Å². The molecule has 3 atom stereocenters. The number of carbonyl (C=O) groups excluding carboxylic acids is 2. The predicted octanol–water partition coefficient (Wildman–Crippen LogP) is 1.59. The molecule has 1 aliphatic heterocycles. The van der Waals surface area contributed by atoms with Crippen LogP contribution in [-0.4, -0.2) is 64.2 Å².